The highest BCUT2D eigenvalue weighted by atomic mass is 16.2. The van der Waals surface area contributed by atoms with Crippen molar-refractivity contribution in [1.29, 1.82) is 0 Å². The minimum atomic E-state index is -0.651. The molecule has 0 spiro atoms. The van der Waals surface area contributed by atoms with Crippen LogP contribution < -0.4 is 16.0 Å². The van der Waals surface area contributed by atoms with Gasteiger partial charge in [-0.1, -0.05) is 93.4 Å². The molecular formula is C36H40N4O3. The maximum absolute atomic E-state index is 13.1. The van der Waals surface area contributed by atoms with Crippen LogP contribution >= 0.6 is 0 Å². The first-order chi connectivity index (χ1) is 20.9. The molecule has 7 heteroatoms. The van der Waals surface area contributed by atoms with Gasteiger partial charge in [-0.3, -0.25) is 19.4 Å². The maximum atomic E-state index is 13.1. The summed E-state index contributed by atoms with van der Waals surface area (Å²) in [5, 5.41) is 9.07. The van der Waals surface area contributed by atoms with Crippen LogP contribution in [-0.4, -0.2) is 43.1 Å². The lowest BCUT2D eigenvalue weighted by Crippen LogP contribution is -2.40. The monoisotopic (exact) mass is 576 g/mol. The number of hydrogen-bond donors (Lipinski definition) is 3. The zero-order chi connectivity index (χ0) is 30.6. The predicted octanol–water partition coefficient (Wildman–Crippen LogP) is 5.86. The minimum Gasteiger partial charge on any atom is -0.366 e. The first kappa shape index (κ1) is 31.2. The first-order valence-electron chi connectivity index (χ1n) is 14.8. The largest absolute Gasteiger partial charge is 0.366 e. The van der Waals surface area contributed by atoms with Crippen LogP contribution in [0.1, 0.15) is 66.1 Å². The van der Waals surface area contributed by atoms with Gasteiger partial charge in [0.05, 0.1) is 6.04 Å². The van der Waals surface area contributed by atoms with E-state index in [-0.39, 0.29) is 24.0 Å². The third-order valence-electron chi connectivity index (χ3n) is 7.49. The zero-order valence-corrected chi connectivity index (χ0v) is 25.0. The Hall–Kier alpha value is -4.78. The van der Waals surface area contributed by atoms with Gasteiger partial charge in [0.15, 0.2) is 5.78 Å². The second-order valence-electron chi connectivity index (χ2n) is 10.7. The van der Waals surface area contributed by atoms with E-state index in [1.807, 2.05) is 60.7 Å². The number of unbranched alkanes of at least 4 members (excludes halogenated alkanes) is 2. The SMILES string of the molecule is C=C1CNC(=NC)c2ccc(CNC(=O)C/C=C/C(=O)C(CCCCC)NC(=O)c3ccc(-c4ccccc4)cc3)cc21. The van der Waals surface area contributed by atoms with Crippen molar-refractivity contribution in [2.45, 2.75) is 51.6 Å². The summed E-state index contributed by atoms with van der Waals surface area (Å²) < 4.78 is 0. The molecule has 3 aromatic carbocycles. The van der Waals surface area contributed by atoms with Crippen LogP contribution in [0.25, 0.3) is 16.7 Å². The fraction of sp³-hybridized carbons (Fsp3) is 0.278. The number of amidine groups is 1. The summed E-state index contributed by atoms with van der Waals surface area (Å²) in [4.78, 5) is 42.9. The van der Waals surface area contributed by atoms with E-state index in [1.54, 1.807) is 25.3 Å². The quantitative estimate of drug-likeness (QED) is 0.175. The average molecular weight is 577 g/mol. The molecule has 0 fully saturated rings. The third-order valence-corrected chi connectivity index (χ3v) is 7.49. The molecule has 1 aliphatic heterocycles. The second-order valence-corrected chi connectivity index (χ2v) is 10.7. The van der Waals surface area contributed by atoms with E-state index in [0.717, 1.165) is 58.5 Å². The molecule has 3 aromatic rings. The molecule has 1 atom stereocenters. The molecular weight excluding hydrogens is 536 g/mol. The molecule has 0 saturated carbocycles. The summed E-state index contributed by atoms with van der Waals surface area (Å²) in [5.41, 5.74) is 6.55. The predicted molar refractivity (Wildman–Crippen MR) is 174 cm³/mol. The van der Waals surface area contributed by atoms with Crippen LogP contribution in [0.3, 0.4) is 0 Å². The molecule has 3 N–H and O–H groups in total. The molecule has 0 saturated heterocycles. The van der Waals surface area contributed by atoms with Crippen molar-refractivity contribution in [3.63, 3.8) is 0 Å². The smallest absolute Gasteiger partial charge is 0.251 e. The van der Waals surface area contributed by atoms with Gasteiger partial charge >= 0.3 is 0 Å². The molecule has 0 bridgehead atoms. The van der Waals surface area contributed by atoms with Crippen molar-refractivity contribution >= 4 is 29.0 Å². The molecule has 1 unspecified atom stereocenters. The highest BCUT2D eigenvalue weighted by molar-refractivity contribution is 6.06. The first-order valence-corrected chi connectivity index (χ1v) is 14.8. The number of nitrogens with zero attached hydrogens (tertiary/aromatic N) is 1. The van der Waals surface area contributed by atoms with Crippen molar-refractivity contribution in [3.05, 3.63) is 114 Å². The molecule has 0 aliphatic carbocycles. The Morgan fingerprint density at radius 3 is 2.44 bits per heavy atom. The lowest BCUT2D eigenvalue weighted by Gasteiger charge is -2.22. The Morgan fingerprint density at radius 1 is 0.977 bits per heavy atom. The molecule has 222 valence electrons. The second kappa shape index (κ2) is 15.4. The Labute approximate surface area is 254 Å². The summed E-state index contributed by atoms with van der Waals surface area (Å²) >= 11 is 0. The number of benzene rings is 3. The lowest BCUT2D eigenvalue weighted by molar-refractivity contribution is -0.120. The van der Waals surface area contributed by atoms with E-state index >= 15 is 0 Å². The minimum absolute atomic E-state index is 0.0660. The van der Waals surface area contributed by atoms with Gasteiger partial charge in [0, 0.05) is 37.7 Å². The highest BCUT2D eigenvalue weighted by Crippen LogP contribution is 2.23. The van der Waals surface area contributed by atoms with Crippen molar-refractivity contribution < 1.29 is 14.4 Å². The van der Waals surface area contributed by atoms with E-state index in [4.69, 9.17) is 0 Å². The Kier molecular flexibility index (Phi) is 11.2. The van der Waals surface area contributed by atoms with Crippen LogP contribution in [0.4, 0.5) is 0 Å². The summed E-state index contributed by atoms with van der Waals surface area (Å²) in [6.45, 7) is 7.23. The van der Waals surface area contributed by atoms with Crippen molar-refractivity contribution in [3.8, 4) is 11.1 Å². The zero-order valence-electron chi connectivity index (χ0n) is 25.0. The Balaban J connectivity index is 1.31. The van der Waals surface area contributed by atoms with Gasteiger partial charge in [0.1, 0.15) is 5.84 Å². The van der Waals surface area contributed by atoms with Crippen molar-refractivity contribution in [2.75, 3.05) is 13.6 Å². The summed E-state index contributed by atoms with van der Waals surface area (Å²) in [5.74, 6) is 0.135. The summed E-state index contributed by atoms with van der Waals surface area (Å²) in [7, 11) is 1.75. The van der Waals surface area contributed by atoms with Crippen molar-refractivity contribution in [2.24, 2.45) is 4.99 Å². The Bertz CT molecular complexity index is 1510. The molecule has 1 heterocycles. The summed E-state index contributed by atoms with van der Waals surface area (Å²) in [6, 6.07) is 22.6. The van der Waals surface area contributed by atoms with Gasteiger partial charge in [-0.05, 0) is 58.5 Å². The Morgan fingerprint density at radius 2 is 1.72 bits per heavy atom. The maximum Gasteiger partial charge on any atom is 0.251 e. The van der Waals surface area contributed by atoms with Gasteiger partial charge in [-0.15, -0.1) is 0 Å². The number of fused-ring (bicyclic) bond motifs is 1. The molecule has 1 aliphatic rings. The average Bonchev–Trinajstić information content (AvgIpc) is 3.04. The molecule has 43 heavy (non-hydrogen) atoms. The number of carbonyl (C=O) groups is 3. The van der Waals surface area contributed by atoms with Gasteiger partial charge in [-0.2, -0.15) is 0 Å². The van der Waals surface area contributed by atoms with Gasteiger partial charge in [0.2, 0.25) is 5.91 Å². The van der Waals surface area contributed by atoms with Gasteiger partial charge in [0.25, 0.3) is 5.91 Å². The molecule has 4 rings (SSSR count). The third kappa shape index (κ3) is 8.61. The van der Waals surface area contributed by atoms with Gasteiger partial charge < -0.3 is 16.0 Å². The number of rotatable bonds is 13. The van der Waals surface area contributed by atoms with Crippen LogP contribution in [0.5, 0.6) is 0 Å². The molecule has 0 radical (unpaired) electrons. The van der Waals surface area contributed by atoms with Crippen LogP contribution in [0.2, 0.25) is 0 Å². The number of hydrogen-bond acceptors (Lipinski definition) is 4. The van der Waals surface area contributed by atoms with E-state index in [0.29, 0.717) is 25.1 Å². The molecule has 7 nitrogen and oxygen atoms in total. The fourth-order valence-electron chi connectivity index (χ4n) is 5.02. The van der Waals surface area contributed by atoms with Crippen LogP contribution in [-0.2, 0) is 16.1 Å². The normalized spacial score (nSPS) is 14.2. The van der Waals surface area contributed by atoms with E-state index in [2.05, 4.69) is 34.4 Å². The number of amides is 2. The van der Waals surface area contributed by atoms with Crippen LogP contribution in [0.15, 0.2) is 96.5 Å². The topological polar surface area (TPSA) is 99.7 Å². The standard InChI is InChI=1S/C36H40N4O3/c1-4-5-7-13-32(40-36(43)29-19-17-28(18-20-29)27-11-8-6-9-12-27)33(41)14-10-15-34(42)38-24-26-16-21-30-31(22-26)25(2)23-39-35(30)37-3/h6,8-12,14,16-22,32H,2,4-5,7,13,15,23-24H2,1,3H3,(H,37,39)(H,38,42)(H,40,43)/b14-10+. The number of carbonyl (C=O) groups excluding carboxylic acids is 3. The molecule has 0 aromatic heterocycles. The van der Waals surface area contributed by atoms with Crippen molar-refractivity contribution in [1.82, 2.24) is 16.0 Å². The number of aliphatic imine (C=N–C) groups is 1. The van der Waals surface area contributed by atoms with Crippen LogP contribution in [0, 0.1) is 0 Å². The van der Waals surface area contributed by atoms with E-state index in [1.165, 1.54) is 6.08 Å². The summed E-state index contributed by atoms with van der Waals surface area (Å²) in [6.07, 6.45) is 6.39. The lowest BCUT2D eigenvalue weighted by atomic mass is 9.94. The number of nitrogens with one attached hydrogen (secondary N) is 3. The molecule has 2 amide bonds. The van der Waals surface area contributed by atoms with Gasteiger partial charge in [-0.25, -0.2) is 0 Å². The fourth-order valence-corrected chi connectivity index (χ4v) is 5.02. The highest BCUT2D eigenvalue weighted by Gasteiger charge is 2.20. The van der Waals surface area contributed by atoms with E-state index in [9.17, 15) is 14.4 Å². The van der Waals surface area contributed by atoms with E-state index < -0.39 is 6.04 Å². The number of ketones is 1.